The third-order valence-electron chi connectivity index (χ3n) is 4.25. The van der Waals surface area contributed by atoms with Crippen molar-refractivity contribution in [2.45, 2.75) is 31.8 Å². The molecule has 2 aromatic rings. The van der Waals surface area contributed by atoms with Gasteiger partial charge in [-0.15, -0.1) is 11.3 Å². The highest BCUT2D eigenvalue weighted by molar-refractivity contribution is 7.10. The molecule has 0 aliphatic heterocycles. The van der Waals surface area contributed by atoms with Crippen LogP contribution in [-0.2, 0) is 13.0 Å². The molecule has 3 rings (SSSR count). The normalized spacial score (nSPS) is 16.1. The van der Waals surface area contributed by atoms with Crippen LogP contribution in [0.4, 0.5) is 4.79 Å². The molecule has 0 saturated heterocycles. The van der Waals surface area contributed by atoms with Crippen molar-refractivity contribution in [3.8, 4) is 0 Å². The highest BCUT2D eigenvalue weighted by Crippen LogP contribution is 2.33. The monoisotopic (exact) mass is 343 g/mol. The third kappa shape index (κ3) is 3.76. The first-order chi connectivity index (χ1) is 11.7. The number of urea groups is 1. The Morgan fingerprint density at radius 2 is 2.00 bits per heavy atom. The van der Waals surface area contributed by atoms with E-state index in [1.807, 2.05) is 12.1 Å². The van der Waals surface area contributed by atoms with Crippen LogP contribution in [0.3, 0.4) is 0 Å². The Bertz CT molecular complexity index is 724. The summed E-state index contributed by atoms with van der Waals surface area (Å²) in [5.41, 5.74) is 2.83. The maximum atomic E-state index is 12.2. The lowest BCUT2D eigenvalue weighted by molar-refractivity contribution is 0.0963. The van der Waals surface area contributed by atoms with Crippen molar-refractivity contribution in [1.29, 1.82) is 0 Å². The molecule has 6 heteroatoms. The first-order valence-electron chi connectivity index (χ1n) is 8.09. The largest absolute Gasteiger partial charge is 0.355 e. The van der Waals surface area contributed by atoms with Gasteiger partial charge >= 0.3 is 6.03 Å². The molecule has 3 amide bonds. The number of fused-ring (bicyclic) bond motifs is 1. The van der Waals surface area contributed by atoms with Crippen LogP contribution in [0.1, 0.15) is 45.2 Å². The highest BCUT2D eigenvalue weighted by atomic mass is 32.1. The number of aryl methyl sites for hydroxylation is 1. The summed E-state index contributed by atoms with van der Waals surface area (Å²) in [6, 6.07) is 9.27. The van der Waals surface area contributed by atoms with E-state index >= 15 is 0 Å². The van der Waals surface area contributed by atoms with Gasteiger partial charge in [-0.2, -0.15) is 0 Å². The lowest BCUT2D eigenvalue weighted by Gasteiger charge is -2.23. The van der Waals surface area contributed by atoms with Gasteiger partial charge < -0.3 is 16.0 Å². The van der Waals surface area contributed by atoms with Crippen molar-refractivity contribution >= 4 is 23.3 Å². The fraction of sp³-hybridized carbons (Fsp3) is 0.333. The Kier molecular flexibility index (Phi) is 5.15. The first-order valence-corrected chi connectivity index (χ1v) is 8.97. The van der Waals surface area contributed by atoms with Crippen LogP contribution in [0.25, 0.3) is 0 Å². The van der Waals surface area contributed by atoms with E-state index in [9.17, 15) is 9.59 Å². The van der Waals surface area contributed by atoms with Gasteiger partial charge in [-0.25, -0.2) is 4.79 Å². The molecule has 1 unspecified atom stereocenters. The van der Waals surface area contributed by atoms with Crippen LogP contribution in [0.15, 0.2) is 35.7 Å². The zero-order valence-corrected chi connectivity index (χ0v) is 14.4. The van der Waals surface area contributed by atoms with Crippen molar-refractivity contribution in [2.24, 2.45) is 0 Å². The van der Waals surface area contributed by atoms with Gasteiger partial charge in [0.15, 0.2) is 0 Å². The summed E-state index contributed by atoms with van der Waals surface area (Å²) < 4.78 is 0. The summed E-state index contributed by atoms with van der Waals surface area (Å²) in [5.74, 6) is -0.115. The molecule has 1 heterocycles. The highest BCUT2D eigenvalue weighted by Gasteiger charge is 2.22. The molecule has 1 aliphatic rings. The molecule has 0 saturated carbocycles. The summed E-state index contributed by atoms with van der Waals surface area (Å²) in [7, 11) is 1.60. The van der Waals surface area contributed by atoms with Gasteiger partial charge in [0.1, 0.15) is 0 Å². The topological polar surface area (TPSA) is 70.2 Å². The van der Waals surface area contributed by atoms with E-state index in [1.54, 1.807) is 30.5 Å². The molecule has 126 valence electrons. The van der Waals surface area contributed by atoms with Crippen molar-refractivity contribution in [3.05, 3.63) is 57.3 Å². The maximum absolute atomic E-state index is 12.2. The van der Waals surface area contributed by atoms with Gasteiger partial charge in [-0.3, -0.25) is 4.79 Å². The number of hydrogen-bond acceptors (Lipinski definition) is 3. The maximum Gasteiger partial charge on any atom is 0.315 e. The summed E-state index contributed by atoms with van der Waals surface area (Å²) >= 11 is 1.77. The molecule has 1 aromatic carbocycles. The predicted molar refractivity (Wildman–Crippen MR) is 95.2 cm³/mol. The fourth-order valence-corrected chi connectivity index (χ4v) is 3.93. The lowest BCUT2D eigenvalue weighted by Crippen LogP contribution is -2.38. The molecule has 5 nitrogen and oxygen atoms in total. The fourth-order valence-electron chi connectivity index (χ4n) is 2.95. The minimum Gasteiger partial charge on any atom is -0.355 e. The third-order valence-corrected chi connectivity index (χ3v) is 5.25. The molecule has 1 aromatic heterocycles. The zero-order valence-electron chi connectivity index (χ0n) is 13.6. The standard InChI is InChI=1S/C18H21N3O2S/c1-19-17(22)13-7-5-12(6-8-13)11-20-18(23)21-15-3-2-4-16-14(15)9-10-24-16/h5-10,15H,2-4,11H2,1H3,(H,19,22)(H2,20,21,23). The van der Waals surface area contributed by atoms with E-state index in [2.05, 4.69) is 27.4 Å². The van der Waals surface area contributed by atoms with E-state index in [1.165, 1.54) is 10.4 Å². The molecule has 0 bridgehead atoms. The first kappa shape index (κ1) is 16.5. The Balaban J connectivity index is 1.52. The van der Waals surface area contributed by atoms with Crippen molar-refractivity contribution < 1.29 is 9.59 Å². The van der Waals surface area contributed by atoms with E-state index in [4.69, 9.17) is 0 Å². The molecule has 0 radical (unpaired) electrons. The van der Waals surface area contributed by atoms with Crippen LogP contribution < -0.4 is 16.0 Å². The number of carbonyl (C=O) groups is 2. The minimum atomic E-state index is -0.158. The van der Waals surface area contributed by atoms with Gasteiger partial charge in [-0.1, -0.05) is 12.1 Å². The van der Waals surface area contributed by atoms with Crippen LogP contribution in [0, 0.1) is 0 Å². The Hall–Kier alpha value is -2.34. The number of benzene rings is 1. The summed E-state index contributed by atoms with van der Waals surface area (Å²) in [4.78, 5) is 25.0. The number of rotatable bonds is 4. The number of amides is 3. The number of thiophene rings is 1. The smallest absolute Gasteiger partial charge is 0.315 e. The van der Waals surface area contributed by atoms with Gasteiger partial charge in [-0.05, 0) is 54.0 Å². The Labute approximate surface area is 145 Å². The summed E-state index contributed by atoms with van der Waals surface area (Å²) in [6.45, 7) is 0.434. The zero-order chi connectivity index (χ0) is 16.9. The molecule has 0 spiro atoms. The van der Waals surface area contributed by atoms with Gasteiger partial charge in [0, 0.05) is 24.0 Å². The summed E-state index contributed by atoms with van der Waals surface area (Å²) in [6.07, 6.45) is 3.21. The minimum absolute atomic E-state index is 0.107. The van der Waals surface area contributed by atoms with E-state index < -0.39 is 0 Å². The second-order valence-electron chi connectivity index (χ2n) is 5.85. The van der Waals surface area contributed by atoms with Crippen LogP contribution in [0.2, 0.25) is 0 Å². The molecule has 0 fully saturated rings. The average molecular weight is 343 g/mol. The predicted octanol–water partition coefficient (Wildman–Crippen LogP) is 2.98. The number of hydrogen-bond donors (Lipinski definition) is 3. The van der Waals surface area contributed by atoms with Crippen molar-refractivity contribution in [1.82, 2.24) is 16.0 Å². The average Bonchev–Trinajstić information content (AvgIpc) is 3.09. The van der Waals surface area contributed by atoms with Crippen LogP contribution in [0.5, 0.6) is 0 Å². The van der Waals surface area contributed by atoms with E-state index in [0.717, 1.165) is 24.8 Å². The molecule has 3 N–H and O–H groups in total. The Morgan fingerprint density at radius 3 is 2.75 bits per heavy atom. The van der Waals surface area contributed by atoms with Gasteiger partial charge in [0.2, 0.25) is 0 Å². The van der Waals surface area contributed by atoms with E-state index in [0.29, 0.717) is 12.1 Å². The second kappa shape index (κ2) is 7.49. The van der Waals surface area contributed by atoms with Crippen molar-refractivity contribution in [2.75, 3.05) is 7.05 Å². The number of carbonyl (C=O) groups excluding carboxylic acids is 2. The molecule has 24 heavy (non-hydrogen) atoms. The molecular weight excluding hydrogens is 322 g/mol. The molecular formula is C18H21N3O2S. The SMILES string of the molecule is CNC(=O)c1ccc(CNC(=O)NC2CCCc3sccc32)cc1. The number of nitrogens with one attached hydrogen (secondary N) is 3. The van der Waals surface area contributed by atoms with Crippen molar-refractivity contribution in [3.63, 3.8) is 0 Å². The van der Waals surface area contributed by atoms with E-state index in [-0.39, 0.29) is 18.0 Å². The summed E-state index contributed by atoms with van der Waals surface area (Å²) in [5, 5.41) is 10.6. The molecule has 1 atom stereocenters. The lowest BCUT2D eigenvalue weighted by atomic mass is 9.94. The van der Waals surface area contributed by atoms with Crippen LogP contribution >= 0.6 is 11.3 Å². The quantitative estimate of drug-likeness (QED) is 0.799. The Morgan fingerprint density at radius 1 is 1.21 bits per heavy atom. The van der Waals surface area contributed by atoms with Gasteiger partial charge in [0.05, 0.1) is 6.04 Å². The second-order valence-corrected chi connectivity index (χ2v) is 6.85. The van der Waals surface area contributed by atoms with Crippen LogP contribution in [-0.4, -0.2) is 19.0 Å². The van der Waals surface area contributed by atoms with Gasteiger partial charge in [0.25, 0.3) is 5.91 Å². The molecule has 1 aliphatic carbocycles.